The fraction of sp³-hybridized carbons (Fsp3) is 0.333. The van der Waals surface area contributed by atoms with Gasteiger partial charge in [-0.25, -0.2) is 14.2 Å². The maximum atomic E-state index is 13.4. The molecule has 1 atom stereocenters. The quantitative estimate of drug-likeness (QED) is 0.519. The molecule has 4 nitrogen and oxygen atoms in total. The Hall–Kier alpha value is -2.73. The van der Waals surface area contributed by atoms with Crippen LogP contribution < -0.4 is 5.32 Å². The largest absolute Gasteiger partial charge is 0.444 e. The standard InChI is InChI=1S/C17H21FN2O2S.C7H10/c1-11-19-15(10-23-11)14(20-16(21)22-17(2,3)4)9-12-6-5-7-13(18)8-12;1-3-5-7-6-4-2/h5-8,10,14H,9H2,1-4H3,(H,20,21);3-7H,1H2,2H3/b;6-4-,7-5-. The topological polar surface area (TPSA) is 51.2 Å². The minimum atomic E-state index is -0.578. The molecule has 1 aromatic carbocycles. The molecule has 0 spiro atoms. The lowest BCUT2D eigenvalue weighted by molar-refractivity contribution is 0.0502. The number of halogens is 1. The Kier molecular flexibility index (Phi) is 10.8. The van der Waals surface area contributed by atoms with Crippen LogP contribution in [-0.2, 0) is 11.2 Å². The molecule has 2 rings (SSSR count). The van der Waals surface area contributed by atoms with Crippen LogP contribution in [0.2, 0.25) is 0 Å². The van der Waals surface area contributed by atoms with E-state index < -0.39 is 11.7 Å². The van der Waals surface area contributed by atoms with E-state index in [1.54, 1.807) is 32.9 Å². The van der Waals surface area contributed by atoms with Crippen LogP contribution in [0.1, 0.15) is 50.0 Å². The molecule has 162 valence electrons. The number of carbonyl (C=O) groups excluding carboxylic acids is 1. The van der Waals surface area contributed by atoms with E-state index in [4.69, 9.17) is 4.74 Å². The van der Waals surface area contributed by atoms with Crippen molar-refractivity contribution < 1.29 is 13.9 Å². The zero-order valence-electron chi connectivity index (χ0n) is 18.3. The molecule has 0 saturated carbocycles. The number of hydrogen-bond donors (Lipinski definition) is 1. The van der Waals surface area contributed by atoms with Gasteiger partial charge in [-0.15, -0.1) is 11.3 Å². The van der Waals surface area contributed by atoms with Crippen molar-refractivity contribution >= 4 is 17.4 Å². The van der Waals surface area contributed by atoms with E-state index in [0.717, 1.165) is 16.3 Å². The van der Waals surface area contributed by atoms with Crippen LogP contribution in [0.4, 0.5) is 9.18 Å². The lowest BCUT2D eigenvalue weighted by atomic mass is 10.0. The van der Waals surface area contributed by atoms with Crippen molar-refractivity contribution in [2.75, 3.05) is 0 Å². The van der Waals surface area contributed by atoms with Gasteiger partial charge in [0.05, 0.1) is 16.7 Å². The molecule has 1 aromatic heterocycles. The number of carbonyl (C=O) groups is 1. The predicted octanol–water partition coefficient (Wildman–Crippen LogP) is 6.70. The summed E-state index contributed by atoms with van der Waals surface area (Å²) in [5.74, 6) is -0.298. The number of amides is 1. The number of aryl methyl sites for hydroxylation is 1. The number of rotatable bonds is 6. The lowest BCUT2D eigenvalue weighted by Crippen LogP contribution is -2.36. The summed E-state index contributed by atoms with van der Waals surface area (Å²) in [6.07, 6.45) is 9.44. The average molecular weight is 431 g/mol. The van der Waals surface area contributed by atoms with E-state index in [-0.39, 0.29) is 11.9 Å². The van der Waals surface area contributed by atoms with Crippen LogP contribution in [0, 0.1) is 12.7 Å². The number of hydrogen-bond acceptors (Lipinski definition) is 4. The van der Waals surface area contributed by atoms with E-state index in [1.165, 1.54) is 23.5 Å². The predicted molar refractivity (Wildman–Crippen MR) is 123 cm³/mol. The van der Waals surface area contributed by atoms with Crippen LogP contribution in [0.25, 0.3) is 0 Å². The second-order valence-electron chi connectivity index (χ2n) is 7.47. The molecule has 0 radical (unpaired) electrons. The SMILES string of the molecule is C=C/C=C\C=C/C.Cc1nc(C(Cc2cccc(F)c2)NC(=O)OC(C)(C)C)cs1. The molecule has 0 saturated heterocycles. The molecule has 0 fully saturated rings. The summed E-state index contributed by atoms with van der Waals surface area (Å²) in [5, 5.41) is 5.64. The Bertz CT molecular complexity index is 866. The van der Waals surface area contributed by atoms with Crippen LogP contribution >= 0.6 is 11.3 Å². The third-order valence-electron chi connectivity index (χ3n) is 3.56. The van der Waals surface area contributed by atoms with Gasteiger partial charge in [0.25, 0.3) is 0 Å². The maximum absolute atomic E-state index is 13.4. The molecule has 1 amide bonds. The zero-order chi connectivity index (χ0) is 22.6. The van der Waals surface area contributed by atoms with Crippen molar-refractivity contribution in [2.45, 2.75) is 52.7 Å². The highest BCUT2D eigenvalue weighted by Crippen LogP contribution is 2.22. The second-order valence-corrected chi connectivity index (χ2v) is 8.53. The van der Waals surface area contributed by atoms with Crippen LogP contribution in [0.3, 0.4) is 0 Å². The normalized spacial score (nSPS) is 12.3. The first-order valence-electron chi connectivity index (χ1n) is 9.71. The van der Waals surface area contributed by atoms with E-state index >= 15 is 0 Å². The van der Waals surface area contributed by atoms with Gasteiger partial charge in [0, 0.05) is 5.38 Å². The molecule has 0 bridgehead atoms. The highest BCUT2D eigenvalue weighted by atomic mass is 32.1. The number of aromatic nitrogens is 1. The van der Waals surface area contributed by atoms with Crippen molar-refractivity contribution in [1.82, 2.24) is 10.3 Å². The van der Waals surface area contributed by atoms with Crippen LogP contribution in [-0.4, -0.2) is 16.7 Å². The highest BCUT2D eigenvalue weighted by molar-refractivity contribution is 7.09. The van der Waals surface area contributed by atoms with Gasteiger partial charge < -0.3 is 10.1 Å². The molecule has 1 N–H and O–H groups in total. The summed E-state index contributed by atoms with van der Waals surface area (Å²) in [7, 11) is 0. The first-order chi connectivity index (χ1) is 14.1. The number of alkyl carbamates (subject to hydrolysis) is 1. The summed E-state index contributed by atoms with van der Waals surface area (Å²) >= 11 is 1.51. The summed E-state index contributed by atoms with van der Waals surface area (Å²) in [6, 6.07) is 5.97. The zero-order valence-corrected chi connectivity index (χ0v) is 19.1. The van der Waals surface area contributed by atoms with Crippen molar-refractivity contribution in [3.63, 3.8) is 0 Å². The fourth-order valence-corrected chi connectivity index (χ4v) is 3.04. The molecule has 6 heteroatoms. The van der Waals surface area contributed by atoms with Gasteiger partial charge in [0.15, 0.2) is 0 Å². The van der Waals surface area contributed by atoms with Gasteiger partial charge in [-0.3, -0.25) is 0 Å². The van der Waals surface area contributed by atoms with Crippen molar-refractivity contribution in [3.05, 3.63) is 88.7 Å². The average Bonchev–Trinajstić information content (AvgIpc) is 3.07. The summed E-state index contributed by atoms with van der Waals surface area (Å²) in [5.41, 5.74) is 0.963. The monoisotopic (exact) mass is 430 g/mol. The number of nitrogens with one attached hydrogen (secondary N) is 1. The number of thiazole rings is 1. The number of allylic oxidation sites excluding steroid dienone is 5. The molecule has 0 aliphatic heterocycles. The summed E-state index contributed by atoms with van der Waals surface area (Å²) in [6.45, 7) is 12.8. The Morgan fingerprint density at radius 1 is 1.33 bits per heavy atom. The van der Waals surface area contributed by atoms with Gasteiger partial charge in [-0.1, -0.05) is 49.1 Å². The highest BCUT2D eigenvalue weighted by Gasteiger charge is 2.22. The maximum Gasteiger partial charge on any atom is 0.408 e. The van der Waals surface area contributed by atoms with Crippen molar-refractivity contribution in [2.24, 2.45) is 0 Å². The van der Waals surface area contributed by atoms with Gasteiger partial charge in [-0.2, -0.15) is 0 Å². The number of benzene rings is 1. The van der Waals surface area contributed by atoms with Gasteiger partial charge >= 0.3 is 6.09 Å². The van der Waals surface area contributed by atoms with Crippen LogP contribution in [0.15, 0.2) is 66.6 Å². The van der Waals surface area contributed by atoms with Crippen molar-refractivity contribution in [3.8, 4) is 0 Å². The van der Waals surface area contributed by atoms with Gasteiger partial charge in [0.2, 0.25) is 0 Å². The number of ether oxygens (including phenoxy) is 1. The summed E-state index contributed by atoms with van der Waals surface area (Å²) < 4.78 is 18.7. The van der Waals surface area contributed by atoms with E-state index in [1.807, 2.05) is 49.6 Å². The molecule has 2 aromatic rings. The first kappa shape index (κ1) is 25.3. The lowest BCUT2D eigenvalue weighted by Gasteiger charge is -2.23. The van der Waals surface area contributed by atoms with E-state index in [2.05, 4.69) is 16.9 Å². The minimum absolute atomic E-state index is 0.298. The van der Waals surface area contributed by atoms with Crippen molar-refractivity contribution in [1.29, 1.82) is 0 Å². The molecular weight excluding hydrogens is 399 g/mol. The van der Waals surface area contributed by atoms with Gasteiger partial charge in [-0.05, 0) is 58.7 Å². The minimum Gasteiger partial charge on any atom is -0.444 e. The molecule has 0 aliphatic carbocycles. The summed E-state index contributed by atoms with van der Waals surface area (Å²) in [4.78, 5) is 16.5. The smallest absolute Gasteiger partial charge is 0.408 e. The Balaban J connectivity index is 0.000000553. The molecule has 0 aliphatic rings. The number of nitrogens with zero attached hydrogens (tertiary/aromatic N) is 1. The first-order valence-corrected chi connectivity index (χ1v) is 10.6. The third kappa shape index (κ3) is 10.7. The molecule has 1 heterocycles. The fourth-order valence-electron chi connectivity index (χ4n) is 2.37. The van der Waals surface area contributed by atoms with E-state index in [9.17, 15) is 9.18 Å². The van der Waals surface area contributed by atoms with E-state index in [0.29, 0.717) is 6.42 Å². The second kappa shape index (κ2) is 12.8. The molecule has 1 unspecified atom stereocenters. The van der Waals surface area contributed by atoms with Gasteiger partial charge in [0.1, 0.15) is 11.4 Å². The van der Waals surface area contributed by atoms with Crippen LogP contribution in [0.5, 0.6) is 0 Å². The Morgan fingerprint density at radius 2 is 2.07 bits per heavy atom. The Labute approximate surface area is 183 Å². The third-order valence-corrected chi connectivity index (χ3v) is 4.36. The Morgan fingerprint density at radius 3 is 2.60 bits per heavy atom. The molecular formula is C24H31FN2O2S. The molecule has 30 heavy (non-hydrogen) atoms.